The lowest BCUT2D eigenvalue weighted by Gasteiger charge is -2.33. The van der Waals surface area contributed by atoms with Gasteiger partial charge in [0.05, 0.1) is 0 Å². The molecule has 2 atom stereocenters. The first-order valence-corrected chi connectivity index (χ1v) is 7.37. The molecule has 0 aromatic rings. The lowest BCUT2D eigenvalue weighted by Crippen LogP contribution is -2.50. The molecule has 2 aliphatic rings. The Labute approximate surface area is 110 Å². The number of carbonyl (C=O) groups excluding carboxylic acids is 1. The molecule has 0 aromatic carbocycles. The predicted octanol–water partition coefficient (Wildman–Crippen LogP) is 0.690. The third-order valence-corrected chi connectivity index (χ3v) is 4.40. The summed E-state index contributed by atoms with van der Waals surface area (Å²) >= 11 is 0. The molecule has 2 heterocycles. The van der Waals surface area contributed by atoms with Gasteiger partial charge in [0.1, 0.15) is 0 Å². The summed E-state index contributed by atoms with van der Waals surface area (Å²) in [5.74, 6) is 1.74. The van der Waals surface area contributed by atoms with Crippen molar-refractivity contribution in [2.24, 2.45) is 17.8 Å². The molecule has 4 nitrogen and oxygen atoms in total. The van der Waals surface area contributed by atoms with Gasteiger partial charge in [0, 0.05) is 25.6 Å². The number of rotatable bonds is 5. The van der Waals surface area contributed by atoms with E-state index in [4.69, 9.17) is 0 Å². The number of nitrogens with zero attached hydrogens (tertiary/aromatic N) is 1. The molecule has 0 saturated carbocycles. The van der Waals surface area contributed by atoms with Crippen molar-refractivity contribution in [1.82, 2.24) is 15.5 Å². The summed E-state index contributed by atoms with van der Waals surface area (Å²) in [7, 11) is 0. The number of carbonyl (C=O) groups is 1. The molecule has 0 spiro atoms. The summed E-state index contributed by atoms with van der Waals surface area (Å²) in [5.41, 5.74) is 0. The quantitative estimate of drug-likeness (QED) is 0.758. The first-order chi connectivity index (χ1) is 8.66. The summed E-state index contributed by atoms with van der Waals surface area (Å²) < 4.78 is 0. The van der Waals surface area contributed by atoms with E-state index < -0.39 is 0 Å². The summed E-state index contributed by atoms with van der Waals surface area (Å²) in [6.45, 7) is 10.6. The van der Waals surface area contributed by atoms with Crippen molar-refractivity contribution in [3.05, 3.63) is 0 Å². The van der Waals surface area contributed by atoms with E-state index in [9.17, 15) is 4.79 Å². The molecule has 0 bridgehead atoms. The number of hydrogen-bond acceptors (Lipinski definition) is 3. The predicted molar refractivity (Wildman–Crippen MR) is 73.4 cm³/mol. The lowest BCUT2D eigenvalue weighted by molar-refractivity contribution is -0.126. The Morgan fingerprint density at radius 3 is 2.89 bits per heavy atom. The van der Waals surface area contributed by atoms with Crippen LogP contribution in [0.5, 0.6) is 0 Å². The monoisotopic (exact) mass is 253 g/mol. The van der Waals surface area contributed by atoms with Crippen molar-refractivity contribution in [3.63, 3.8) is 0 Å². The molecule has 104 valence electrons. The fourth-order valence-electron chi connectivity index (χ4n) is 2.87. The van der Waals surface area contributed by atoms with Crippen LogP contribution in [0.15, 0.2) is 0 Å². The zero-order valence-corrected chi connectivity index (χ0v) is 11.7. The van der Waals surface area contributed by atoms with Gasteiger partial charge in [-0.1, -0.05) is 13.8 Å². The van der Waals surface area contributed by atoms with Crippen LogP contribution in [0.1, 0.15) is 26.7 Å². The van der Waals surface area contributed by atoms with E-state index in [0.29, 0.717) is 5.92 Å². The Morgan fingerprint density at radius 1 is 1.50 bits per heavy atom. The van der Waals surface area contributed by atoms with Gasteiger partial charge in [-0.25, -0.2) is 0 Å². The molecular weight excluding hydrogens is 226 g/mol. The zero-order chi connectivity index (χ0) is 13.0. The highest BCUT2D eigenvalue weighted by Crippen LogP contribution is 2.16. The average molecular weight is 253 g/mol. The standard InChI is InChI=1S/C14H27N3O/c1-11-4-3-6-17(10-11)7-5-16-14(18)12(2)13-8-15-9-13/h11-13,15H,3-10H2,1-2H3,(H,16,18). The number of likely N-dealkylation sites (tertiary alicyclic amines) is 1. The first-order valence-electron chi connectivity index (χ1n) is 7.37. The highest BCUT2D eigenvalue weighted by atomic mass is 16.1. The molecule has 2 N–H and O–H groups in total. The number of amides is 1. The maximum absolute atomic E-state index is 11.9. The van der Waals surface area contributed by atoms with Gasteiger partial charge in [-0.15, -0.1) is 0 Å². The van der Waals surface area contributed by atoms with Gasteiger partial charge in [-0.2, -0.15) is 0 Å². The smallest absolute Gasteiger partial charge is 0.223 e. The minimum atomic E-state index is 0.159. The van der Waals surface area contributed by atoms with Crippen molar-refractivity contribution in [2.75, 3.05) is 39.3 Å². The first kappa shape index (κ1) is 13.8. The Hall–Kier alpha value is -0.610. The van der Waals surface area contributed by atoms with Gasteiger partial charge in [-0.05, 0) is 44.3 Å². The van der Waals surface area contributed by atoms with Crippen LogP contribution in [-0.2, 0) is 4.79 Å². The van der Waals surface area contributed by atoms with E-state index in [0.717, 1.165) is 32.1 Å². The number of piperidine rings is 1. The summed E-state index contributed by atoms with van der Waals surface area (Å²) in [6, 6.07) is 0. The third-order valence-electron chi connectivity index (χ3n) is 4.40. The van der Waals surface area contributed by atoms with Crippen LogP contribution in [0.2, 0.25) is 0 Å². The summed E-state index contributed by atoms with van der Waals surface area (Å²) in [4.78, 5) is 14.4. The third kappa shape index (κ3) is 3.69. The zero-order valence-electron chi connectivity index (χ0n) is 11.7. The molecular formula is C14H27N3O. The Bertz CT molecular complexity index is 278. The Kier molecular flexibility index (Phi) is 5.01. The molecule has 2 unspecified atom stereocenters. The highest BCUT2D eigenvalue weighted by Gasteiger charge is 2.28. The van der Waals surface area contributed by atoms with Gasteiger partial charge < -0.3 is 15.5 Å². The summed E-state index contributed by atoms with van der Waals surface area (Å²) in [5, 5.41) is 6.31. The maximum atomic E-state index is 11.9. The van der Waals surface area contributed by atoms with Gasteiger partial charge in [0.25, 0.3) is 0 Å². The van der Waals surface area contributed by atoms with Crippen molar-refractivity contribution in [2.45, 2.75) is 26.7 Å². The van der Waals surface area contributed by atoms with Crippen LogP contribution < -0.4 is 10.6 Å². The SMILES string of the molecule is CC1CCCN(CCNC(=O)C(C)C2CNC2)C1. The van der Waals surface area contributed by atoms with Crippen molar-refractivity contribution in [3.8, 4) is 0 Å². The second kappa shape index (κ2) is 6.53. The number of hydrogen-bond donors (Lipinski definition) is 2. The normalized spacial score (nSPS) is 27.6. The van der Waals surface area contributed by atoms with Crippen molar-refractivity contribution < 1.29 is 4.79 Å². The van der Waals surface area contributed by atoms with Crippen LogP contribution >= 0.6 is 0 Å². The highest BCUT2D eigenvalue weighted by molar-refractivity contribution is 5.78. The van der Waals surface area contributed by atoms with E-state index >= 15 is 0 Å². The molecule has 0 radical (unpaired) electrons. The van der Waals surface area contributed by atoms with Gasteiger partial charge in [0.15, 0.2) is 0 Å². The van der Waals surface area contributed by atoms with Crippen molar-refractivity contribution in [1.29, 1.82) is 0 Å². The molecule has 0 aliphatic carbocycles. The fraction of sp³-hybridized carbons (Fsp3) is 0.929. The second-order valence-corrected chi connectivity index (χ2v) is 6.05. The number of nitrogens with one attached hydrogen (secondary N) is 2. The van der Waals surface area contributed by atoms with Gasteiger partial charge >= 0.3 is 0 Å². The topological polar surface area (TPSA) is 44.4 Å². The van der Waals surface area contributed by atoms with Crippen LogP contribution in [0.25, 0.3) is 0 Å². The van der Waals surface area contributed by atoms with E-state index in [1.165, 1.54) is 25.9 Å². The lowest BCUT2D eigenvalue weighted by atomic mass is 9.88. The van der Waals surface area contributed by atoms with E-state index in [1.807, 2.05) is 6.92 Å². The Morgan fingerprint density at radius 2 is 2.28 bits per heavy atom. The van der Waals surface area contributed by atoms with Gasteiger partial charge in [-0.3, -0.25) is 4.79 Å². The van der Waals surface area contributed by atoms with E-state index in [2.05, 4.69) is 22.5 Å². The van der Waals surface area contributed by atoms with Crippen LogP contribution in [0.4, 0.5) is 0 Å². The largest absolute Gasteiger partial charge is 0.355 e. The fourth-order valence-corrected chi connectivity index (χ4v) is 2.87. The minimum absolute atomic E-state index is 0.159. The van der Waals surface area contributed by atoms with E-state index in [1.54, 1.807) is 0 Å². The van der Waals surface area contributed by atoms with Crippen LogP contribution in [0.3, 0.4) is 0 Å². The second-order valence-electron chi connectivity index (χ2n) is 6.05. The maximum Gasteiger partial charge on any atom is 0.223 e. The van der Waals surface area contributed by atoms with E-state index in [-0.39, 0.29) is 11.8 Å². The molecule has 2 fully saturated rings. The molecule has 2 saturated heterocycles. The van der Waals surface area contributed by atoms with Gasteiger partial charge in [0.2, 0.25) is 5.91 Å². The van der Waals surface area contributed by atoms with Crippen LogP contribution in [-0.4, -0.2) is 50.1 Å². The minimum Gasteiger partial charge on any atom is -0.355 e. The molecule has 1 amide bonds. The molecule has 0 aromatic heterocycles. The molecule has 2 aliphatic heterocycles. The average Bonchev–Trinajstić information content (AvgIpc) is 2.26. The van der Waals surface area contributed by atoms with Crippen molar-refractivity contribution >= 4 is 5.91 Å². The summed E-state index contributed by atoms with van der Waals surface area (Å²) in [6.07, 6.45) is 2.66. The molecule has 18 heavy (non-hydrogen) atoms. The molecule has 4 heteroatoms. The molecule has 2 rings (SSSR count). The van der Waals surface area contributed by atoms with Crippen LogP contribution in [0, 0.1) is 17.8 Å². The Balaban J connectivity index is 1.60.